The van der Waals surface area contributed by atoms with Gasteiger partial charge in [-0.1, -0.05) is 62.4 Å². The topological polar surface area (TPSA) is 31.2 Å². The van der Waals surface area contributed by atoms with E-state index < -0.39 is 0 Å². The van der Waals surface area contributed by atoms with Crippen molar-refractivity contribution in [3.05, 3.63) is 77.4 Å². The highest BCUT2D eigenvalue weighted by molar-refractivity contribution is 6.10. The molecule has 0 atom stereocenters. The third kappa shape index (κ3) is 4.57. The van der Waals surface area contributed by atoms with Crippen LogP contribution in [0.3, 0.4) is 0 Å². The molecule has 1 aromatic heterocycles. The Morgan fingerprint density at radius 3 is 2.41 bits per heavy atom. The number of hydrogen-bond donors (Lipinski definition) is 0. The summed E-state index contributed by atoms with van der Waals surface area (Å²) in [5.74, 6) is 0.318. The minimum atomic E-state index is -0.311. The summed E-state index contributed by atoms with van der Waals surface area (Å²) >= 11 is 0. The Bertz CT molecular complexity index is 1220. The lowest BCUT2D eigenvalue weighted by molar-refractivity contribution is 0.0735. The first-order valence-corrected chi connectivity index (χ1v) is 11.9. The molecular formula is C29H33NO2. The summed E-state index contributed by atoms with van der Waals surface area (Å²) in [5.41, 5.74) is 5.50. The molecule has 166 valence electrons. The summed E-state index contributed by atoms with van der Waals surface area (Å²) in [6, 6.07) is 20.0. The number of esters is 1. The molecule has 32 heavy (non-hydrogen) atoms. The van der Waals surface area contributed by atoms with Gasteiger partial charge in [-0.2, -0.15) is 0 Å². The van der Waals surface area contributed by atoms with Crippen LogP contribution in [0.2, 0.25) is 0 Å². The molecule has 0 radical (unpaired) electrons. The zero-order chi connectivity index (χ0) is 22.5. The predicted molar refractivity (Wildman–Crippen MR) is 134 cm³/mol. The zero-order valence-corrected chi connectivity index (χ0v) is 19.5. The van der Waals surface area contributed by atoms with Gasteiger partial charge in [-0.15, -0.1) is 0 Å². The number of unbranched alkanes of at least 4 members (excludes halogenated alkanes) is 4. The van der Waals surface area contributed by atoms with Crippen LogP contribution in [0.25, 0.3) is 21.8 Å². The van der Waals surface area contributed by atoms with Crippen LogP contribution in [0.1, 0.15) is 67.4 Å². The fraction of sp³-hybridized carbons (Fsp3) is 0.345. The van der Waals surface area contributed by atoms with Crippen molar-refractivity contribution in [2.75, 3.05) is 0 Å². The Kier molecular flexibility index (Phi) is 6.94. The van der Waals surface area contributed by atoms with Crippen LogP contribution in [0, 0.1) is 6.92 Å². The minimum Gasteiger partial charge on any atom is -0.423 e. The van der Waals surface area contributed by atoms with E-state index in [0.29, 0.717) is 11.3 Å². The van der Waals surface area contributed by atoms with E-state index in [4.69, 9.17) is 4.74 Å². The molecule has 0 bridgehead atoms. The molecule has 1 heterocycles. The summed E-state index contributed by atoms with van der Waals surface area (Å²) in [6.45, 7) is 7.44. The van der Waals surface area contributed by atoms with Crippen molar-refractivity contribution < 1.29 is 9.53 Å². The third-order valence-electron chi connectivity index (χ3n) is 6.26. The number of rotatable bonds is 9. The average Bonchev–Trinajstić information content (AvgIpc) is 3.12. The van der Waals surface area contributed by atoms with Crippen molar-refractivity contribution in [2.24, 2.45) is 0 Å². The molecule has 0 aliphatic heterocycles. The predicted octanol–water partition coefficient (Wildman–Crippen LogP) is 7.85. The molecule has 0 saturated heterocycles. The van der Waals surface area contributed by atoms with Gasteiger partial charge in [-0.3, -0.25) is 0 Å². The molecule has 4 rings (SSSR count). The summed E-state index contributed by atoms with van der Waals surface area (Å²) in [6.07, 6.45) is 7.19. The second kappa shape index (κ2) is 10.0. The maximum atomic E-state index is 12.7. The van der Waals surface area contributed by atoms with Crippen LogP contribution in [0.15, 0.2) is 60.7 Å². The van der Waals surface area contributed by atoms with Crippen LogP contribution in [0.5, 0.6) is 5.75 Å². The average molecular weight is 428 g/mol. The number of benzene rings is 3. The quantitative estimate of drug-likeness (QED) is 0.155. The van der Waals surface area contributed by atoms with E-state index in [2.05, 4.69) is 49.6 Å². The van der Waals surface area contributed by atoms with E-state index in [1.54, 1.807) is 12.1 Å². The number of aromatic nitrogens is 1. The van der Waals surface area contributed by atoms with Crippen molar-refractivity contribution >= 4 is 27.8 Å². The number of aryl methyl sites for hydroxylation is 3. The van der Waals surface area contributed by atoms with Crippen molar-refractivity contribution in [1.29, 1.82) is 0 Å². The lowest BCUT2D eigenvalue weighted by Gasteiger charge is -2.11. The van der Waals surface area contributed by atoms with Gasteiger partial charge in [-0.25, -0.2) is 4.79 Å². The number of nitrogens with zero attached hydrogens (tertiary/aromatic N) is 1. The van der Waals surface area contributed by atoms with E-state index in [-0.39, 0.29) is 5.97 Å². The Morgan fingerprint density at radius 2 is 1.66 bits per heavy atom. The maximum absolute atomic E-state index is 12.7. The Balaban J connectivity index is 1.78. The largest absolute Gasteiger partial charge is 0.423 e. The number of ether oxygens (including phenoxy) is 1. The highest BCUT2D eigenvalue weighted by Gasteiger charge is 2.17. The summed E-state index contributed by atoms with van der Waals surface area (Å²) in [4.78, 5) is 12.7. The normalized spacial score (nSPS) is 11.3. The van der Waals surface area contributed by atoms with Crippen molar-refractivity contribution in [3.63, 3.8) is 0 Å². The lowest BCUT2D eigenvalue weighted by Crippen LogP contribution is -2.08. The zero-order valence-electron chi connectivity index (χ0n) is 19.5. The standard InChI is InChI=1S/C29H33NO2/c1-4-6-7-8-10-15-23-19-24(32-29(31)22-13-11-9-12-14-22)20-27-28(23)25-18-21(3)16-17-26(25)30(27)5-2/h9,11-14,16-20H,4-8,10,15H2,1-3H3. The first kappa shape index (κ1) is 22.1. The van der Waals surface area contributed by atoms with Crippen LogP contribution in [0.4, 0.5) is 0 Å². The van der Waals surface area contributed by atoms with Crippen molar-refractivity contribution in [1.82, 2.24) is 4.57 Å². The van der Waals surface area contributed by atoms with E-state index >= 15 is 0 Å². The van der Waals surface area contributed by atoms with Gasteiger partial charge in [0.25, 0.3) is 0 Å². The van der Waals surface area contributed by atoms with E-state index in [0.717, 1.165) is 24.9 Å². The van der Waals surface area contributed by atoms with Gasteiger partial charge in [0.1, 0.15) is 5.75 Å². The molecule has 3 nitrogen and oxygen atoms in total. The fourth-order valence-electron chi connectivity index (χ4n) is 4.65. The number of fused-ring (bicyclic) bond motifs is 3. The number of carbonyl (C=O) groups is 1. The molecule has 0 fully saturated rings. The van der Waals surface area contributed by atoms with Crippen LogP contribution < -0.4 is 4.74 Å². The molecular weight excluding hydrogens is 394 g/mol. The molecule has 0 N–H and O–H groups in total. The number of hydrogen-bond acceptors (Lipinski definition) is 2. The van der Waals surface area contributed by atoms with E-state index in [1.807, 2.05) is 24.3 Å². The Hall–Kier alpha value is -3.07. The minimum absolute atomic E-state index is 0.311. The first-order chi connectivity index (χ1) is 15.6. The van der Waals surface area contributed by atoms with Gasteiger partial charge in [-0.05, 0) is 62.6 Å². The molecule has 0 amide bonds. The van der Waals surface area contributed by atoms with Crippen LogP contribution in [-0.2, 0) is 13.0 Å². The van der Waals surface area contributed by atoms with Crippen LogP contribution in [-0.4, -0.2) is 10.5 Å². The molecule has 3 heteroatoms. The summed E-state index contributed by atoms with van der Waals surface area (Å²) in [7, 11) is 0. The lowest BCUT2D eigenvalue weighted by atomic mass is 9.99. The maximum Gasteiger partial charge on any atom is 0.343 e. The van der Waals surface area contributed by atoms with Gasteiger partial charge in [0, 0.05) is 28.9 Å². The molecule has 0 saturated carbocycles. The summed E-state index contributed by atoms with van der Waals surface area (Å²) < 4.78 is 8.20. The van der Waals surface area contributed by atoms with Crippen LogP contribution >= 0.6 is 0 Å². The van der Waals surface area contributed by atoms with E-state index in [9.17, 15) is 4.79 Å². The Morgan fingerprint density at radius 1 is 0.875 bits per heavy atom. The second-order valence-electron chi connectivity index (χ2n) is 8.66. The van der Waals surface area contributed by atoms with Gasteiger partial charge in [0.15, 0.2) is 0 Å². The van der Waals surface area contributed by atoms with Gasteiger partial charge >= 0.3 is 5.97 Å². The third-order valence-corrected chi connectivity index (χ3v) is 6.26. The van der Waals surface area contributed by atoms with Gasteiger partial charge in [0.2, 0.25) is 0 Å². The second-order valence-corrected chi connectivity index (χ2v) is 8.66. The molecule has 0 spiro atoms. The molecule has 3 aromatic carbocycles. The summed E-state index contributed by atoms with van der Waals surface area (Å²) in [5, 5.41) is 2.60. The van der Waals surface area contributed by atoms with Crippen molar-refractivity contribution in [2.45, 2.75) is 65.8 Å². The van der Waals surface area contributed by atoms with E-state index in [1.165, 1.54) is 53.1 Å². The SMILES string of the molecule is CCCCCCCc1cc(OC(=O)c2ccccc2)cc2c1c1cc(C)ccc1n2CC. The van der Waals surface area contributed by atoms with Gasteiger partial charge in [0.05, 0.1) is 11.1 Å². The Labute approximate surface area is 191 Å². The monoisotopic (exact) mass is 427 g/mol. The van der Waals surface area contributed by atoms with Crippen molar-refractivity contribution in [3.8, 4) is 5.75 Å². The molecule has 4 aromatic rings. The first-order valence-electron chi connectivity index (χ1n) is 11.9. The van der Waals surface area contributed by atoms with Gasteiger partial charge < -0.3 is 9.30 Å². The highest BCUT2D eigenvalue weighted by Crippen LogP contribution is 2.36. The smallest absolute Gasteiger partial charge is 0.343 e. The molecule has 0 aliphatic carbocycles. The fourth-order valence-corrected chi connectivity index (χ4v) is 4.65. The molecule has 0 aliphatic rings. The number of carbonyl (C=O) groups excluding carboxylic acids is 1. The highest BCUT2D eigenvalue weighted by atomic mass is 16.5. The molecule has 0 unspecified atom stereocenters.